The summed E-state index contributed by atoms with van der Waals surface area (Å²) >= 11 is 3.50. The van der Waals surface area contributed by atoms with Crippen LogP contribution in [-0.4, -0.2) is 20.6 Å². The molecule has 2 atom stereocenters. The molecule has 2 heterocycles. The van der Waals surface area contributed by atoms with E-state index in [2.05, 4.69) is 21.2 Å². The van der Waals surface area contributed by atoms with Gasteiger partial charge in [-0.3, -0.25) is 18.8 Å². The summed E-state index contributed by atoms with van der Waals surface area (Å²) in [5, 5.41) is 13.5. The summed E-state index contributed by atoms with van der Waals surface area (Å²) in [4.78, 5) is 27.4. The maximum Gasteiger partial charge on any atom is 0.332 e. The molecule has 1 aromatic heterocycles. The summed E-state index contributed by atoms with van der Waals surface area (Å²) in [6.07, 6.45) is 0.226. The van der Waals surface area contributed by atoms with Crippen LogP contribution in [-0.2, 0) is 20.6 Å². The number of hydrogen-bond donors (Lipinski definition) is 2. The summed E-state index contributed by atoms with van der Waals surface area (Å²) in [7, 11) is 3.10. The zero-order chi connectivity index (χ0) is 23.7. The zero-order valence-corrected chi connectivity index (χ0v) is 20.4. The van der Waals surface area contributed by atoms with E-state index >= 15 is 0 Å². The van der Waals surface area contributed by atoms with Crippen LogP contribution in [0.1, 0.15) is 37.0 Å². The highest BCUT2D eigenvalue weighted by molar-refractivity contribution is 9.10. The second-order valence-electron chi connectivity index (χ2n) is 8.15. The molecule has 0 spiro atoms. The van der Waals surface area contributed by atoms with Crippen molar-refractivity contribution >= 4 is 27.4 Å². The lowest BCUT2D eigenvalue weighted by atomic mass is 10.1. The molecule has 0 aliphatic carbocycles. The third-order valence-electron chi connectivity index (χ3n) is 5.75. The lowest BCUT2D eigenvalue weighted by Gasteiger charge is -2.28. The Morgan fingerprint density at radius 2 is 1.88 bits per heavy atom. The van der Waals surface area contributed by atoms with Crippen molar-refractivity contribution in [2.45, 2.75) is 38.8 Å². The van der Waals surface area contributed by atoms with Gasteiger partial charge in [0.25, 0.3) is 11.9 Å². The van der Waals surface area contributed by atoms with Crippen LogP contribution < -0.4 is 26.2 Å². The lowest BCUT2D eigenvalue weighted by Crippen LogP contribution is -2.42. The fourth-order valence-electron chi connectivity index (χ4n) is 4.06. The van der Waals surface area contributed by atoms with Gasteiger partial charge in [0.15, 0.2) is 0 Å². The van der Waals surface area contributed by atoms with E-state index in [4.69, 9.17) is 4.74 Å². The van der Waals surface area contributed by atoms with Crippen LogP contribution in [0.25, 0.3) is 0 Å². The Hall–Kier alpha value is -3.04. The fourth-order valence-corrected chi connectivity index (χ4v) is 4.50. The highest BCUT2D eigenvalue weighted by atomic mass is 79.9. The first-order valence-electron chi connectivity index (χ1n) is 10.8. The molecule has 3 aromatic rings. The molecule has 0 fully saturated rings. The Morgan fingerprint density at radius 1 is 1.12 bits per heavy atom. The Labute approximate surface area is 200 Å². The van der Waals surface area contributed by atoms with Gasteiger partial charge in [-0.2, -0.15) is 0 Å². The zero-order valence-electron chi connectivity index (χ0n) is 18.8. The number of rotatable bonds is 7. The van der Waals surface area contributed by atoms with Crippen molar-refractivity contribution in [3.05, 3.63) is 85.0 Å². The molecule has 174 valence electrons. The molecule has 9 heteroatoms. The summed E-state index contributed by atoms with van der Waals surface area (Å²) < 4.78 is 9.72. The minimum atomic E-state index is -0.724. The minimum absolute atomic E-state index is 0.307. The van der Waals surface area contributed by atoms with Gasteiger partial charge in [0, 0.05) is 25.1 Å². The number of anilines is 2. The first-order chi connectivity index (χ1) is 15.8. The van der Waals surface area contributed by atoms with Crippen molar-refractivity contribution in [1.82, 2.24) is 9.13 Å². The second kappa shape index (κ2) is 9.44. The first-order valence-corrected chi connectivity index (χ1v) is 11.6. The average Bonchev–Trinajstić information content (AvgIpc) is 3.14. The number of nitrogens with one attached hydrogen (secondary N) is 1. The number of aliphatic hydroxyl groups is 1. The van der Waals surface area contributed by atoms with E-state index in [-0.39, 0.29) is 0 Å². The lowest BCUT2D eigenvalue weighted by molar-refractivity contribution is 0.165. The van der Waals surface area contributed by atoms with Gasteiger partial charge >= 0.3 is 5.69 Å². The van der Waals surface area contributed by atoms with Crippen LogP contribution >= 0.6 is 15.9 Å². The van der Waals surface area contributed by atoms with E-state index in [1.165, 1.54) is 11.6 Å². The Kier molecular flexibility index (Phi) is 6.62. The summed E-state index contributed by atoms with van der Waals surface area (Å²) in [5.74, 6) is 1.02. The van der Waals surface area contributed by atoms with Crippen LogP contribution in [0.5, 0.6) is 5.75 Å². The summed E-state index contributed by atoms with van der Waals surface area (Å²) in [6.45, 7) is 2.43. The number of aliphatic hydroxyl groups excluding tert-OH is 1. The summed E-state index contributed by atoms with van der Waals surface area (Å²) in [6, 6.07) is 15.1. The van der Waals surface area contributed by atoms with E-state index in [0.29, 0.717) is 30.2 Å². The van der Waals surface area contributed by atoms with Crippen molar-refractivity contribution in [2.75, 3.05) is 10.2 Å². The van der Waals surface area contributed by atoms with E-state index in [1.807, 2.05) is 48.2 Å². The normalized spacial score (nSPS) is 15.8. The molecule has 4 rings (SSSR count). The van der Waals surface area contributed by atoms with Gasteiger partial charge in [-0.05, 0) is 41.8 Å². The van der Waals surface area contributed by atoms with Crippen LogP contribution in [0.2, 0.25) is 0 Å². The van der Waals surface area contributed by atoms with Crippen molar-refractivity contribution in [3.63, 3.8) is 0 Å². The second-order valence-corrected chi connectivity index (χ2v) is 9.07. The number of halogens is 1. The van der Waals surface area contributed by atoms with Crippen molar-refractivity contribution in [2.24, 2.45) is 14.1 Å². The minimum Gasteiger partial charge on any atom is -0.452 e. The Bertz CT molecular complexity index is 1290. The molecule has 2 aromatic carbocycles. The third-order valence-corrected chi connectivity index (χ3v) is 6.24. The highest BCUT2D eigenvalue weighted by Crippen LogP contribution is 2.33. The number of benzene rings is 2. The smallest absolute Gasteiger partial charge is 0.332 e. The number of nitrogens with zero attached hydrogens (tertiary/aromatic N) is 3. The average molecular weight is 515 g/mol. The topological polar surface area (TPSA) is 88.7 Å². The Balaban J connectivity index is 1.73. The predicted molar refractivity (Wildman–Crippen MR) is 132 cm³/mol. The Morgan fingerprint density at radius 3 is 2.61 bits per heavy atom. The number of ether oxygens (including phenoxy) is 1. The van der Waals surface area contributed by atoms with Gasteiger partial charge in [0.2, 0.25) is 0 Å². The van der Waals surface area contributed by atoms with Gasteiger partial charge in [0.1, 0.15) is 17.3 Å². The van der Waals surface area contributed by atoms with Crippen LogP contribution in [0.3, 0.4) is 0 Å². The van der Waals surface area contributed by atoms with Crippen molar-refractivity contribution < 1.29 is 9.84 Å². The molecule has 0 saturated heterocycles. The molecule has 2 N–H and O–H groups in total. The van der Waals surface area contributed by atoms with Gasteiger partial charge in [0.05, 0.1) is 6.10 Å². The van der Waals surface area contributed by atoms with Gasteiger partial charge in [-0.1, -0.05) is 53.5 Å². The molecule has 2 unspecified atom stereocenters. The molecular formula is C24H27BrN4O4. The first kappa shape index (κ1) is 23.1. The molecule has 0 saturated carbocycles. The van der Waals surface area contributed by atoms with Gasteiger partial charge < -0.3 is 15.2 Å². The number of aromatic nitrogens is 2. The molecule has 8 nitrogen and oxygen atoms in total. The maximum atomic E-state index is 12.9. The number of fused-ring (bicyclic) bond motifs is 1. The highest BCUT2D eigenvalue weighted by Gasteiger charge is 2.36. The SMILES string of the molecule is CCCC(O)c1cccc(OC2Nc3c(n(C)c(=O)n(C)c3=O)N2Cc2cccc(Br)c2)c1. The van der Waals surface area contributed by atoms with Gasteiger partial charge in [-0.15, -0.1) is 0 Å². The third kappa shape index (κ3) is 4.56. The van der Waals surface area contributed by atoms with E-state index in [9.17, 15) is 14.7 Å². The van der Waals surface area contributed by atoms with Crippen molar-refractivity contribution in [1.29, 1.82) is 0 Å². The quantitative estimate of drug-likeness (QED) is 0.501. The van der Waals surface area contributed by atoms with E-state index in [0.717, 1.165) is 26.6 Å². The molecule has 0 bridgehead atoms. The summed E-state index contributed by atoms with van der Waals surface area (Å²) in [5.41, 5.74) is 1.23. The van der Waals surface area contributed by atoms with Crippen LogP contribution in [0, 0.1) is 0 Å². The molecule has 1 aliphatic rings. The predicted octanol–water partition coefficient (Wildman–Crippen LogP) is 3.47. The maximum absolute atomic E-state index is 12.9. The largest absolute Gasteiger partial charge is 0.452 e. The van der Waals surface area contributed by atoms with E-state index < -0.39 is 23.7 Å². The monoisotopic (exact) mass is 514 g/mol. The molecule has 0 amide bonds. The molecule has 0 radical (unpaired) electrons. The molecule has 33 heavy (non-hydrogen) atoms. The van der Waals surface area contributed by atoms with Gasteiger partial charge in [-0.25, -0.2) is 4.79 Å². The van der Waals surface area contributed by atoms with Crippen LogP contribution in [0.4, 0.5) is 11.5 Å². The number of hydrogen-bond acceptors (Lipinski definition) is 6. The molecule has 1 aliphatic heterocycles. The standard InChI is InChI=1S/C24H27BrN4O4/c1-4-7-19(30)16-9-6-11-18(13-16)33-23-26-20-21(27(2)24(32)28(3)22(20)31)29(23)14-15-8-5-10-17(25)12-15/h5-6,8-13,19,23,26,30H,4,7,14H2,1-3H3. The van der Waals surface area contributed by atoms with E-state index in [1.54, 1.807) is 19.2 Å². The van der Waals surface area contributed by atoms with Crippen LogP contribution in [0.15, 0.2) is 62.6 Å². The molecular weight excluding hydrogens is 488 g/mol. The fraction of sp³-hybridized carbons (Fsp3) is 0.333. The van der Waals surface area contributed by atoms with Crippen molar-refractivity contribution in [3.8, 4) is 5.75 Å².